The maximum absolute atomic E-state index is 4.95. The van der Waals surface area contributed by atoms with Gasteiger partial charge in [0, 0.05) is 25.5 Å². The highest BCUT2D eigenvalue weighted by Crippen LogP contribution is 2.30. The molecule has 2 saturated carbocycles. The smallest absolute Gasteiger partial charge is 0.0593 e. The number of unbranched alkanes of at least 4 members (excludes halogenated alkanes) is 7. The first-order valence-corrected chi connectivity index (χ1v) is 16.4. The molecule has 0 spiro atoms. The van der Waals surface area contributed by atoms with Crippen molar-refractivity contribution in [2.75, 3.05) is 23.1 Å². The minimum Gasteiger partial charge on any atom is -0.266 e. The van der Waals surface area contributed by atoms with E-state index in [1.54, 1.807) is 0 Å². The van der Waals surface area contributed by atoms with Crippen LogP contribution in [0.5, 0.6) is 0 Å². The summed E-state index contributed by atoms with van der Waals surface area (Å²) in [5, 5.41) is 14.4. The van der Waals surface area contributed by atoms with E-state index in [4.69, 9.17) is 10.2 Å². The lowest BCUT2D eigenvalue weighted by atomic mass is 10.1. The summed E-state index contributed by atoms with van der Waals surface area (Å²) >= 11 is 0. The summed E-state index contributed by atoms with van der Waals surface area (Å²) in [6, 6.07) is 21.4. The number of para-hydroxylation sites is 2. The van der Waals surface area contributed by atoms with Gasteiger partial charge in [0.05, 0.1) is 11.4 Å². The Morgan fingerprint density at radius 2 is 0.925 bits per heavy atom. The van der Waals surface area contributed by atoms with E-state index in [0.717, 1.165) is 24.9 Å². The van der Waals surface area contributed by atoms with Crippen molar-refractivity contribution >= 4 is 23.8 Å². The first kappa shape index (κ1) is 30.3. The second kappa shape index (κ2) is 17.3. The molecule has 0 heterocycles. The molecule has 0 N–H and O–H groups in total. The average Bonchev–Trinajstić information content (AvgIpc) is 3.60. The Kier molecular flexibility index (Phi) is 13.1. The lowest BCUT2D eigenvalue weighted by Crippen LogP contribution is -2.19. The van der Waals surface area contributed by atoms with Crippen LogP contribution in [0.15, 0.2) is 70.9 Å². The molecule has 2 aliphatic carbocycles. The van der Waals surface area contributed by atoms with Crippen molar-refractivity contribution in [2.45, 2.75) is 104 Å². The van der Waals surface area contributed by atoms with Gasteiger partial charge in [0.1, 0.15) is 0 Å². The highest BCUT2D eigenvalue weighted by molar-refractivity contribution is 5.64. The summed E-state index contributed by atoms with van der Waals surface area (Å²) in [6.07, 6.45) is 22.7. The molecular formula is C36H54N4. The Morgan fingerprint density at radius 1 is 0.550 bits per heavy atom. The molecule has 2 aromatic carbocycles. The minimum atomic E-state index is 0.656. The van der Waals surface area contributed by atoms with Crippen molar-refractivity contribution in [1.82, 2.24) is 0 Å². The van der Waals surface area contributed by atoms with Crippen LogP contribution in [-0.2, 0) is 0 Å². The van der Waals surface area contributed by atoms with Crippen molar-refractivity contribution in [3.05, 3.63) is 60.7 Å². The van der Waals surface area contributed by atoms with Gasteiger partial charge in [-0.05, 0) is 86.5 Å². The number of hydrogen-bond donors (Lipinski definition) is 0. The molecule has 40 heavy (non-hydrogen) atoms. The third-order valence-corrected chi connectivity index (χ3v) is 8.90. The summed E-state index contributed by atoms with van der Waals surface area (Å²) in [5.41, 5.74) is 2.44. The normalized spacial score (nSPS) is 22.9. The number of hydrazone groups is 2. The second-order valence-electron chi connectivity index (χ2n) is 12.6. The molecule has 2 fully saturated rings. The van der Waals surface area contributed by atoms with Crippen LogP contribution in [-0.4, -0.2) is 25.5 Å². The summed E-state index contributed by atoms with van der Waals surface area (Å²) in [5.74, 6) is 3.01. The largest absolute Gasteiger partial charge is 0.266 e. The van der Waals surface area contributed by atoms with Gasteiger partial charge in [0.25, 0.3) is 0 Å². The fraction of sp³-hybridized carbons (Fsp3) is 0.611. The fourth-order valence-electron chi connectivity index (χ4n) is 6.41. The van der Waals surface area contributed by atoms with E-state index in [-0.39, 0.29) is 0 Å². The summed E-state index contributed by atoms with van der Waals surface area (Å²) < 4.78 is 0. The van der Waals surface area contributed by atoms with Gasteiger partial charge in [-0.15, -0.1) is 0 Å². The first-order chi connectivity index (χ1) is 19.7. The average molecular weight is 543 g/mol. The van der Waals surface area contributed by atoms with Gasteiger partial charge in [0.2, 0.25) is 0 Å². The Bertz CT molecular complexity index is 907. The molecule has 2 aliphatic rings. The van der Waals surface area contributed by atoms with Crippen molar-refractivity contribution in [1.29, 1.82) is 0 Å². The van der Waals surface area contributed by atoms with Crippen LogP contribution in [0, 0.1) is 23.7 Å². The minimum absolute atomic E-state index is 0.656. The predicted octanol–water partition coefficient (Wildman–Crippen LogP) is 9.96. The molecule has 4 unspecified atom stereocenters. The number of benzene rings is 2. The van der Waals surface area contributed by atoms with Gasteiger partial charge >= 0.3 is 0 Å². The lowest BCUT2D eigenvalue weighted by molar-refractivity contribution is 0.563. The summed E-state index contributed by atoms with van der Waals surface area (Å²) in [4.78, 5) is 0. The van der Waals surface area contributed by atoms with E-state index in [0.29, 0.717) is 11.8 Å². The van der Waals surface area contributed by atoms with E-state index in [1.165, 1.54) is 101 Å². The van der Waals surface area contributed by atoms with Crippen LogP contribution in [0.2, 0.25) is 0 Å². The molecule has 0 amide bonds. The van der Waals surface area contributed by atoms with E-state index in [2.05, 4.69) is 97.0 Å². The van der Waals surface area contributed by atoms with E-state index >= 15 is 0 Å². The predicted molar refractivity (Wildman–Crippen MR) is 175 cm³/mol. The highest BCUT2D eigenvalue weighted by atomic mass is 15.5. The molecule has 4 heteroatoms. The van der Waals surface area contributed by atoms with Crippen molar-refractivity contribution in [2.24, 2.45) is 33.9 Å². The maximum Gasteiger partial charge on any atom is 0.0593 e. The molecule has 4 rings (SSSR count). The number of anilines is 2. The summed E-state index contributed by atoms with van der Waals surface area (Å²) in [7, 11) is 0. The Hall–Kier alpha value is -2.62. The fourth-order valence-corrected chi connectivity index (χ4v) is 6.41. The number of hydrogen-bond acceptors (Lipinski definition) is 4. The third kappa shape index (κ3) is 10.7. The topological polar surface area (TPSA) is 31.2 Å². The highest BCUT2D eigenvalue weighted by Gasteiger charge is 2.20. The molecular weight excluding hydrogens is 488 g/mol. The molecule has 0 saturated heterocycles. The van der Waals surface area contributed by atoms with Gasteiger partial charge in [-0.3, -0.25) is 10.0 Å². The molecule has 0 aliphatic heterocycles. The number of rotatable bonds is 17. The van der Waals surface area contributed by atoms with Gasteiger partial charge in [0.15, 0.2) is 0 Å². The Labute approximate surface area is 244 Å². The quantitative estimate of drug-likeness (QED) is 0.113. The molecule has 0 aromatic heterocycles. The molecule has 0 bridgehead atoms. The maximum atomic E-state index is 4.95. The monoisotopic (exact) mass is 542 g/mol. The van der Waals surface area contributed by atoms with Gasteiger partial charge < -0.3 is 0 Å². The number of nitrogens with zero attached hydrogens (tertiary/aromatic N) is 4. The van der Waals surface area contributed by atoms with Gasteiger partial charge in [-0.1, -0.05) is 102 Å². The van der Waals surface area contributed by atoms with E-state index in [1.807, 2.05) is 0 Å². The van der Waals surface area contributed by atoms with Crippen molar-refractivity contribution in [3.63, 3.8) is 0 Å². The van der Waals surface area contributed by atoms with Crippen LogP contribution in [0.4, 0.5) is 11.4 Å². The molecule has 0 radical (unpaired) electrons. The van der Waals surface area contributed by atoms with Crippen molar-refractivity contribution < 1.29 is 0 Å². The Balaban J connectivity index is 1.10. The van der Waals surface area contributed by atoms with Crippen LogP contribution < -0.4 is 10.0 Å². The van der Waals surface area contributed by atoms with E-state index in [9.17, 15) is 0 Å². The standard InChI is InChI=1S/C36H54N4/c1-31-21-23-33(27-31)29-37-39(35-17-11-9-12-18-35)25-15-7-5-3-4-6-8-16-26-40(36-19-13-10-14-20-36)38-30-34-24-22-32(2)28-34/h9-14,17-20,29-34H,3-8,15-16,21-28H2,1-2H3/b37-29+,38-30+. The van der Waals surface area contributed by atoms with Gasteiger partial charge in [-0.25, -0.2) is 0 Å². The molecule has 4 atom stereocenters. The molecule has 218 valence electrons. The zero-order valence-corrected chi connectivity index (χ0v) is 25.3. The summed E-state index contributed by atoms with van der Waals surface area (Å²) in [6.45, 7) is 6.76. The third-order valence-electron chi connectivity index (χ3n) is 8.90. The van der Waals surface area contributed by atoms with Crippen LogP contribution >= 0.6 is 0 Å². The molecule has 4 nitrogen and oxygen atoms in total. The lowest BCUT2D eigenvalue weighted by Gasteiger charge is -2.20. The van der Waals surface area contributed by atoms with Crippen LogP contribution in [0.25, 0.3) is 0 Å². The van der Waals surface area contributed by atoms with Crippen molar-refractivity contribution in [3.8, 4) is 0 Å². The zero-order valence-electron chi connectivity index (χ0n) is 25.3. The van der Waals surface area contributed by atoms with Crippen LogP contribution in [0.3, 0.4) is 0 Å². The molecule has 2 aromatic rings. The second-order valence-corrected chi connectivity index (χ2v) is 12.6. The van der Waals surface area contributed by atoms with Crippen LogP contribution in [0.1, 0.15) is 104 Å². The zero-order chi connectivity index (χ0) is 27.8. The van der Waals surface area contributed by atoms with Gasteiger partial charge in [-0.2, -0.15) is 10.2 Å². The van der Waals surface area contributed by atoms with E-state index < -0.39 is 0 Å². The SMILES string of the molecule is CC1CCC(/C=N/N(CCCCCCCCCCN(/N=C/C2CCC(C)C2)c2ccccc2)c2ccccc2)C1. The Morgan fingerprint density at radius 3 is 1.27 bits per heavy atom. The first-order valence-electron chi connectivity index (χ1n) is 16.4.